The van der Waals surface area contributed by atoms with Gasteiger partial charge in [-0.15, -0.1) is 10.2 Å². The minimum atomic E-state index is -0.461. The molecule has 0 radical (unpaired) electrons. The molecule has 1 amide bonds. The lowest BCUT2D eigenvalue weighted by atomic mass is 9.92. The fourth-order valence-corrected chi connectivity index (χ4v) is 3.45. The second-order valence-corrected chi connectivity index (χ2v) is 8.13. The second-order valence-electron chi connectivity index (χ2n) is 8.13. The molecule has 3 aromatic heterocycles. The number of hydrogen-bond acceptors (Lipinski definition) is 6. The van der Waals surface area contributed by atoms with E-state index in [2.05, 4.69) is 40.9 Å². The second kappa shape index (κ2) is 6.81. The Morgan fingerprint density at radius 1 is 1.18 bits per heavy atom. The summed E-state index contributed by atoms with van der Waals surface area (Å²) in [5.74, 6) is 0.646. The van der Waals surface area contributed by atoms with Gasteiger partial charge >= 0.3 is 0 Å². The maximum Gasteiger partial charge on any atom is 0.279 e. The first-order valence-electron chi connectivity index (χ1n) is 9.40. The molecule has 1 aliphatic heterocycles. The molecule has 3 aromatic rings. The van der Waals surface area contributed by atoms with Gasteiger partial charge in [-0.1, -0.05) is 20.8 Å². The van der Waals surface area contributed by atoms with E-state index in [1.54, 1.807) is 4.90 Å². The fraction of sp³-hybridized carbons (Fsp3) is 0.474. The molecule has 0 spiro atoms. The van der Waals surface area contributed by atoms with E-state index in [-0.39, 0.29) is 22.9 Å². The minimum Gasteiger partial charge on any atom is -0.337 e. The van der Waals surface area contributed by atoms with Crippen molar-refractivity contribution in [3.8, 4) is 0 Å². The topological polar surface area (TPSA) is 109 Å². The Labute approximate surface area is 161 Å². The van der Waals surface area contributed by atoms with Gasteiger partial charge in [0.1, 0.15) is 0 Å². The molecule has 0 unspecified atom stereocenters. The Morgan fingerprint density at radius 3 is 2.61 bits per heavy atom. The molecule has 0 aromatic carbocycles. The number of hydrogen-bond donors (Lipinski definition) is 1. The first-order valence-corrected chi connectivity index (χ1v) is 9.40. The molecule has 0 atom stereocenters. The van der Waals surface area contributed by atoms with Crippen molar-refractivity contribution >= 4 is 11.6 Å². The van der Waals surface area contributed by atoms with E-state index < -0.39 is 5.56 Å². The van der Waals surface area contributed by atoms with Crippen molar-refractivity contribution in [3.05, 3.63) is 52.1 Å². The highest BCUT2D eigenvalue weighted by Crippen LogP contribution is 2.28. The van der Waals surface area contributed by atoms with Gasteiger partial charge in [0, 0.05) is 36.8 Å². The zero-order chi connectivity index (χ0) is 19.9. The van der Waals surface area contributed by atoms with Gasteiger partial charge in [0.2, 0.25) is 0 Å². The number of likely N-dealkylation sites (tertiary alicyclic amines) is 1. The van der Waals surface area contributed by atoms with E-state index in [1.165, 1.54) is 12.4 Å². The van der Waals surface area contributed by atoms with Crippen molar-refractivity contribution < 1.29 is 4.79 Å². The zero-order valence-corrected chi connectivity index (χ0v) is 16.2. The maximum atomic E-state index is 12.6. The van der Waals surface area contributed by atoms with Gasteiger partial charge in [-0.25, -0.2) is 4.98 Å². The summed E-state index contributed by atoms with van der Waals surface area (Å²) in [7, 11) is 0. The smallest absolute Gasteiger partial charge is 0.279 e. The number of rotatable bonds is 2. The summed E-state index contributed by atoms with van der Waals surface area (Å²) in [4.78, 5) is 32.5. The molecule has 0 saturated carbocycles. The number of nitrogens with zero attached hydrogens (tertiary/aromatic N) is 6. The Kier molecular flexibility index (Phi) is 4.44. The number of piperidine rings is 1. The van der Waals surface area contributed by atoms with Crippen molar-refractivity contribution in [3.63, 3.8) is 0 Å². The van der Waals surface area contributed by atoms with Crippen molar-refractivity contribution in [2.75, 3.05) is 13.1 Å². The van der Waals surface area contributed by atoms with Crippen LogP contribution in [0.1, 0.15) is 61.5 Å². The van der Waals surface area contributed by atoms with Gasteiger partial charge in [0.25, 0.3) is 11.5 Å². The van der Waals surface area contributed by atoms with E-state index >= 15 is 0 Å². The van der Waals surface area contributed by atoms with Gasteiger partial charge < -0.3 is 9.88 Å². The summed E-state index contributed by atoms with van der Waals surface area (Å²) in [5.41, 5.74) is 1.10. The van der Waals surface area contributed by atoms with Crippen LogP contribution in [0.3, 0.4) is 0 Å². The predicted molar refractivity (Wildman–Crippen MR) is 102 cm³/mol. The van der Waals surface area contributed by atoms with Crippen LogP contribution in [0.4, 0.5) is 0 Å². The highest BCUT2D eigenvalue weighted by atomic mass is 16.2. The number of carbonyl (C=O) groups excluding carboxylic acids is 1. The summed E-state index contributed by atoms with van der Waals surface area (Å²) in [6.45, 7) is 7.43. The molecular formula is C19H23N7O2. The normalized spacial score (nSPS) is 15.9. The molecule has 1 fully saturated rings. The third-order valence-corrected chi connectivity index (χ3v) is 5.11. The summed E-state index contributed by atoms with van der Waals surface area (Å²) in [6.07, 6.45) is 4.31. The molecule has 0 bridgehead atoms. The average Bonchev–Trinajstić information content (AvgIpc) is 3.10. The number of aromatic amines is 1. The first-order chi connectivity index (χ1) is 13.3. The zero-order valence-electron chi connectivity index (χ0n) is 16.2. The molecule has 28 heavy (non-hydrogen) atoms. The summed E-state index contributed by atoms with van der Waals surface area (Å²) in [5, 5.41) is 13.4. The molecule has 9 heteroatoms. The highest BCUT2D eigenvalue weighted by molar-refractivity contribution is 5.91. The summed E-state index contributed by atoms with van der Waals surface area (Å²) in [6, 6.07) is 3.93. The Bertz CT molecular complexity index is 1070. The van der Waals surface area contributed by atoms with Crippen molar-refractivity contribution in [1.82, 2.24) is 34.7 Å². The van der Waals surface area contributed by atoms with Crippen LogP contribution in [0.15, 0.2) is 29.3 Å². The van der Waals surface area contributed by atoms with Gasteiger partial charge in [0.05, 0.1) is 5.69 Å². The van der Waals surface area contributed by atoms with Crippen LogP contribution in [-0.4, -0.2) is 53.7 Å². The monoisotopic (exact) mass is 381 g/mol. The van der Waals surface area contributed by atoms with Crippen molar-refractivity contribution in [2.45, 2.75) is 44.9 Å². The fourth-order valence-electron chi connectivity index (χ4n) is 3.45. The van der Waals surface area contributed by atoms with E-state index in [0.29, 0.717) is 13.1 Å². The molecule has 4 heterocycles. The molecule has 146 valence electrons. The number of fused-ring (bicyclic) bond motifs is 1. The third kappa shape index (κ3) is 3.28. The number of carbonyl (C=O) groups is 1. The summed E-state index contributed by atoms with van der Waals surface area (Å²) >= 11 is 0. The number of nitrogens with one attached hydrogen (secondary N) is 1. The Hall–Kier alpha value is -3.10. The van der Waals surface area contributed by atoms with Crippen LogP contribution < -0.4 is 5.56 Å². The minimum absolute atomic E-state index is 0.0645. The maximum absolute atomic E-state index is 12.6. The lowest BCUT2D eigenvalue weighted by molar-refractivity contribution is 0.0702. The Morgan fingerprint density at radius 2 is 1.93 bits per heavy atom. The van der Waals surface area contributed by atoms with Crippen LogP contribution in [0.25, 0.3) is 5.65 Å². The van der Waals surface area contributed by atoms with Gasteiger partial charge in [0.15, 0.2) is 17.2 Å². The van der Waals surface area contributed by atoms with Crippen LogP contribution in [0, 0.1) is 0 Å². The molecule has 1 aliphatic rings. The van der Waals surface area contributed by atoms with E-state index in [1.807, 2.05) is 16.6 Å². The standard InChI is InChI=1S/C19H23N7O2/c1-19(2,3)13-4-5-14-22-23-16(26(14)24-13)12-6-10-25(11-7-12)18(28)15-17(27)21-9-8-20-15/h4-5,8-9,12H,6-7,10-11H2,1-3H3,(H,21,27). The molecule has 9 nitrogen and oxygen atoms in total. The highest BCUT2D eigenvalue weighted by Gasteiger charge is 2.29. The largest absolute Gasteiger partial charge is 0.337 e. The van der Waals surface area contributed by atoms with Crippen LogP contribution >= 0.6 is 0 Å². The lowest BCUT2D eigenvalue weighted by Crippen LogP contribution is -2.41. The molecule has 1 saturated heterocycles. The van der Waals surface area contributed by atoms with Crippen LogP contribution in [0.2, 0.25) is 0 Å². The van der Waals surface area contributed by atoms with Crippen molar-refractivity contribution in [1.29, 1.82) is 0 Å². The molecular weight excluding hydrogens is 358 g/mol. The number of amides is 1. The molecule has 4 rings (SSSR count). The first kappa shape index (κ1) is 18.3. The molecule has 0 aliphatic carbocycles. The SMILES string of the molecule is CC(C)(C)c1ccc2nnc(C3CCN(C(=O)c4ncc[nH]c4=O)CC3)n2n1. The summed E-state index contributed by atoms with van der Waals surface area (Å²) < 4.78 is 1.83. The van der Waals surface area contributed by atoms with Gasteiger partial charge in [-0.3, -0.25) is 9.59 Å². The van der Waals surface area contributed by atoms with Crippen LogP contribution in [-0.2, 0) is 5.41 Å². The van der Waals surface area contributed by atoms with E-state index in [0.717, 1.165) is 30.0 Å². The number of aromatic nitrogens is 6. The van der Waals surface area contributed by atoms with Crippen LogP contribution in [0.5, 0.6) is 0 Å². The van der Waals surface area contributed by atoms with Gasteiger partial charge in [-0.05, 0) is 25.0 Å². The average molecular weight is 381 g/mol. The third-order valence-electron chi connectivity index (χ3n) is 5.11. The van der Waals surface area contributed by atoms with Gasteiger partial charge in [-0.2, -0.15) is 9.61 Å². The lowest BCUT2D eigenvalue weighted by Gasteiger charge is -2.30. The van der Waals surface area contributed by atoms with E-state index in [4.69, 9.17) is 5.10 Å². The molecule has 1 N–H and O–H groups in total. The van der Waals surface area contributed by atoms with E-state index in [9.17, 15) is 9.59 Å². The Balaban J connectivity index is 1.53. The quantitative estimate of drug-likeness (QED) is 0.721. The number of H-pyrrole nitrogens is 1. The predicted octanol–water partition coefficient (Wildman–Crippen LogP) is 1.52. The van der Waals surface area contributed by atoms with Crippen molar-refractivity contribution in [2.24, 2.45) is 0 Å².